The van der Waals surface area contributed by atoms with Gasteiger partial charge >= 0.3 is 0 Å². The van der Waals surface area contributed by atoms with Crippen molar-refractivity contribution in [1.82, 2.24) is 19.4 Å². The third kappa shape index (κ3) is 11.3. The Labute approximate surface area is 225 Å². The molecule has 0 radical (unpaired) electrons. The first kappa shape index (κ1) is 30.9. The molecule has 0 heterocycles. The predicted molar refractivity (Wildman–Crippen MR) is 150 cm³/mol. The molecule has 0 bridgehead atoms. The number of nitrogens with zero attached hydrogens (tertiary/aromatic N) is 4. The minimum atomic E-state index is -3.91. The lowest BCUT2D eigenvalue weighted by atomic mass is 10.2. The molecular weight excluding hydrogens is 516 g/mol. The lowest BCUT2D eigenvalue weighted by Crippen LogP contribution is -2.37. The maximum absolute atomic E-state index is 12.9. The lowest BCUT2D eigenvalue weighted by molar-refractivity contribution is -0.384. The molecule has 37 heavy (non-hydrogen) atoms. The normalized spacial score (nSPS) is 12.0. The highest BCUT2D eigenvalue weighted by Gasteiger charge is 2.21. The molecule has 0 aliphatic rings. The van der Waals surface area contributed by atoms with Crippen molar-refractivity contribution in [3.63, 3.8) is 0 Å². The zero-order valence-electron chi connectivity index (χ0n) is 22.1. The van der Waals surface area contributed by atoms with Gasteiger partial charge in [-0.25, -0.2) is 13.1 Å². The van der Waals surface area contributed by atoms with E-state index in [0.29, 0.717) is 18.1 Å². The Hall–Kier alpha value is -2.28. The molecule has 0 spiro atoms. The summed E-state index contributed by atoms with van der Waals surface area (Å²) in [4.78, 5) is 17.5. The number of nitro benzene ring substituents is 1. The number of nitrogens with one attached hydrogen (secondary N) is 2. The van der Waals surface area contributed by atoms with E-state index in [2.05, 4.69) is 24.7 Å². The lowest BCUT2D eigenvalue weighted by Gasteiger charge is -2.24. The Balaban J connectivity index is 2.02. The van der Waals surface area contributed by atoms with Crippen molar-refractivity contribution < 1.29 is 13.3 Å². The van der Waals surface area contributed by atoms with Crippen molar-refractivity contribution in [2.45, 2.75) is 24.3 Å². The third-order valence-electron chi connectivity index (χ3n) is 5.75. The SMILES string of the molecule is CN(C)CCCN(CCCN(C)C)CCNS(=O)(=O)c1ccc(NCc2ccc(Cl)cc2)c([N+](=O)[O-])c1. The molecule has 0 saturated carbocycles. The van der Waals surface area contributed by atoms with E-state index < -0.39 is 14.9 Å². The Kier molecular flexibility index (Phi) is 12.7. The van der Waals surface area contributed by atoms with Crippen molar-refractivity contribution in [3.05, 3.63) is 63.2 Å². The van der Waals surface area contributed by atoms with Crippen LogP contribution in [0.25, 0.3) is 0 Å². The van der Waals surface area contributed by atoms with Gasteiger partial charge in [-0.2, -0.15) is 0 Å². The van der Waals surface area contributed by atoms with Gasteiger partial charge in [-0.15, -0.1) is 0 Å². The van der Waals surface area contributed by atoms with Gasteiger partial charge in [-0.05, 0) is 97.0 Å². The van der Waals surface area contributed by atoms with E-state index in [1.807, 2.05) is 40.3 Å². The summed E-state index contributed by atoms with van der Waals surface area (Å²) >= 11 is 5.90. The number of halogens is 1. The van der Waals surface area contributed by atoms with Crippen LogP contribution in [0.15, 0.2) is 47.4 Å². The highest BCUT2D eigenvalue weighted by molar-refractivity contribution is 7.89. The molecule has 10 nitrogen and oxygen atoms in total. The van der Waals surface area contributed by atoms with Crippen LogP contribution in [0.5, 0.6) is 0 Å². The van der Waals surface area contributed by atoms with Gasteiger partial charge in [0.1, 0.15) is 5.69 Å². The van der Waals surface area contributed by atoms with E-state index in [4.69, 9.17) is 11.6 Å². The standard InChI is InChI=1S/C25H39ClN6O4S/c1-29(2)14-5-16-31(17-6-15-30(3)4)18-13-28-37(35,36)23-11-12-24(25(19-23)32(33)34)27-20-21-7-9-22(26)10-8-21/h7-12,19,27-28H,5-6,13-18,20H2,1-4H3. The van der Waals surface area contributed by atoms with Gasteiger partial charge in [0.25, 0.3) is 5.69 Å². The van der Waals surface area contributed by atoms with Crippen molar-refractivity contribution in [1.29, 1.82) is 0 Å². The molecule has 0 saturated heterocycles. The zero-order valence-corrected chi connectivity index (χ0v) is 23.7. The molecule has 0 fully saturated rings. The molecule has 0 amide bonds. The van der Waals surface area contributed by atoms with E-state index in [1.54, 1.807) is 12.1 Å². The predicted octanol–water partition coefficient (Wildman–Crippen LogP) is 3.34. The molecule has 0 aromatic heterocycles. The first-order valence-corrected chi connectivity index (χ1v) is 14.1. The molecule has 0 unspecified atom stereocenters. The minimum absolute atomic E-state index is 0.136. The fraction of sp³-hybridized carbons (Fsp3) is 0.520. The van der Waals surface area contributed by atoms with Crippen LogP contribution in [-0.2, 0) is 16.6 Å². The second-order valence-electron chi connectivity index (χ2n) is 9.47. The van der Waals surface area contributed by atoms with Crippen molar-refractivity contribution in [3.8, 4) is 0 Å². The Morgan fingerprint density at radius 3 is 2.03 bits per heavy atom. The first-order chi connectivity index (χ1) is 17.5. The number of nitro groups is 1. The summed E-state index contributed by atoms with van der Waals surface area (Å²) in [6, 6.07) is 11.0. The second-order valence-corrected chi connectivity index (χ2v) is 11.7. The van der Waals surface area contributed by atoms with Crippen molar-refractivity contribution in [2.24, 2.45) is 0 Å². The Morgan fingerprint density at radius 2 is 1.49 bits per heavy atom. The van der Waals surface area contributed by atoms with E-state index in [-0.39, 0.29) is 22.8 Å². The summed E-state index contributed by atoms with van der Waals surface area (Å²) in [5.74, 6) is 0. The van der Waals surface area contributed by atoms with Crippen LogP contribution in [0.1, 0.15) is 18.4 Å². The monoisotopic (exact) mass is 554 g/mol. The van der Waals surface area contributed by atoms with Crippen LogP contribution >= 0.6 is 11.6 Å². The average molecular weight is 555 g/mol. The summed E-state index contributed by atoms with van der Waals surface area (Å²) < 4.78 is 28.4. The first-order valence-electron chi connectivity index (χ1n) is 12.3. The van der Waals surface area contributed by atoms with Gasteiger partial charge in [-0.1, -0.05) is 23.7 Å². The van der Waals surface area contributed by atoms with Gasteiger partial charge in [0.15, 0.2) is 0 Å². The van der Waals surface area contributed by atoms with Gasteiger partial charge in [0, 0.05) is 30.7 Å². The van der Waals surface area contributed by atoms with Crippen LogP contribution in [0, 0.1) is 10.1 Å². The van der Waals surface area contributed by atoms with Crippen molar-refractivity contribution >= 4 is 33.0 Å². The highest BCUT2D eigenvalue weighted by Crippen LogP contribution is 2.28. The summed E-state index contributed by atoms with van der Waals surface area (Å²) in [5.41, 5.74) is 0.829. The number of benzene rings is 2. The molecule has 2 N–H and O–H groups in total. The summed E-state index contributed by atoms with van der Waals surface area (Å²) in [5, 5.41) is 15.3. The molecule has 0 atom stereocenters. The molecular formula is C25H39ClN6O4S. The molecule has 0 aliphatic heterocycles. The Morgan fingerprint density at radius 1 is 0.892 bits per heavy atom. The summed E-state index contributed by atoms with van der Waals surface area (Å²) in [6.45, 7) is 4.76. The summed E-state index contributed by atoms with van der Waals surface area (Å²) in [7, 11) is 4.21. The number of rotatable bonds is 17. The maximum atomic E-state index is 12.9. The summed E-state index contributed by atoms with van der Waals surface area (Å²) in [6.07, 6.45) is 1.97. The second kappa shape index (κ2) is 15.2. The van der Waals surface area contributed by atoms with Crippen LogP contribution in [0.4, 0.5) is 11.4 Å². The molecule has 2 aromatic carbocycles. The van der Waals surface area contributed by atoms with Crippen LogP contribution < -0.4 is 10.0 Å². The number of hydrogen-bond acceptors (Lipinski definition) is 8. The molecule has 12 heteroatoms. The number of sulfonamides is 1. The number of anilines is 1. The third-order valence-corrected chi connectivity index (χ3v) is 7.46. The van der Waals surface area contributed by atoms with Gasteiger partial charge in [0.2, 0.25) is 10.0 Å². The molecule has 2 rings (SSSR count). The molecule has 206 valence electrons. The van der Waals surface area contributed by atoms with Crippen LogP contribution in [0.3, 0.4) is 0 Å². The van der Waals surface area contributed by atoms with Gasteiger partial charge in [-0.3, -0.25) is 10.1 Å². The largest absolute Gasteiger partial charge is 0.375 e. The smallest absolute Gasteiger partial charge is 0.293 e. The highest BCUT2D eigenvalue weighted by atomic mass is 35.5. The fourth-order valence-electron chi connectivity index (χ4n) is 3.76. The number of hydrogen-bond donors (Lipinski definition) is 2. The van der Waals surface area contributed by atoms with E-state index in [1.165, 1.54) is 12.1 Å². The molecule has 0 aliphatic carbocycles. The van der Waals surface area contributed by atoms with Gasteiger partial charge < -0.3 is 20.0 Å². The quantitative estimate of drug-likeness (QED) is 0.226. The van der Waals surface area contributed by atoms with E-state index in [0.717, 1.165) is 50.7 Å². The fourth-order valence-corrected chi connectivity index (χ4v) is 4.92. The van der Waals surface area contributed by atoms with E-state index in [9.17, 15) is 18.5 Å². The zero-order chi connectivity index (χ0) is 27.4. The topological polar surface area (TPSA) is 111 Å². The minimum Gasteiger partial charge on any atom is -0.375 e. The van der Waals surface area contributed by atoms with E-state index >= 15 is 0 Å². The maximum Gasteiger partial charge on any atom is 0.293 e. The van der Waals surface area contributed by atoms with Crippen LogP contribution in [0.2, 0.25) is 5.02 Å². The van der Waals surface area contributed by atoms with Crippen LogP contribution in [-0.4, -0.2) is 95.5 Å². The Bertz CT molecular complexity index is 1080. The average Bonchev–Trinajstić information content (AvgIpc) is 2.82. The molecule has 2 aromatic rings. The van der Waals surface area contributed by atoms with Gasteiger partial charge in [0.05, 0.1) is 9.82 Å². The van der Waals surface area contributed by atoms with Crippen molar-refractivity contribution in [2.75, 3.05) is 72.8 Å².